The van der Waals surface area contributed by atoms with Crippen molar-refractivity contribution in [2.75, 3.05) is 6.61 Å². The molecule has 0 fully saturated rings. The van der Waals surface area contributed by atoms with Gasteiger partial charge in [0.25, 0.3) is 0 Å². The SMILES string of the molecule is CC(CO)c1c(F)ccc(Br)c1O. The van der Waals surface area contributed by atoms with E-state index in [1.807, 2.05) is 0 Å². The zero-order valence-electron chi connectivity index (χ0n) is 7.09. The Bertz CT molecular complexity index is 315. The van der Waals surface area contributed by atoms with Crippen molar-refractivity contribution in [2.24, 2.45) is 0 Å². The fourth-order valence-electron chi connectivity index (χ4n) is 1.12. The van der Waals surface area contributed by atoms with E-state index in [4.69, 9.17) is 5.11 Å². The van der Waals surface area contributed by atoms with E-state index < -0.39 is 11.7 Å². The highest BCUT2D eigenvalue weighted by Crippen LogP contribution is 2.34. The highest BCUT2D eigenvalue weighted by atomic mass is 79.9. The second-order valence-electron chi connectivity index (χ2n) is 2.88. The molecule has 72 valence electrons. The van der Waals surface area contributed by atoms with Crippen molar-refractivity contribution >= 4 is 15.9 Å². The summed E-state index contributed by atoms with van der Waals surface area (Å²) in [6.45, 7) is 1.45. The van der Waals surface area contributed by atoms with Crippen molar-refractivity contribution < 1.29 is 14.6 Å². The van der Waals surface area contributed by atoms with E-state index in [0.717, 1.165) is 0 Å². The van der Waals surface area contributed by atoms with E-state index in [0.29, 0.717) is 4.47 Å². The maximum atomic E-state index is 13.2. The number of aromatic hydroxyl groups is 1. The molecule has 1 atom stereocenters. The number of phenolic OH excluding ortho intramolecular Hbond substituents is 1. The van der Waals surface area contributed by atoms with Crippen LogP contribution in [0, 0.1) is 5.82 Å². The van der Waals surface area contributed by atoms with E-state index >= 15 is 0 Å². The molecule has 13 heavy (non-hydrogen) atoms. The van der Waals surface area contributed by atoms with Gasteiger partial charge in [-0.2, -0.15) is 0 Å². The van der Waals surface area contributed by atoms with Crippen LogP contribution in [0.25, 0.3) is 0 Å². The molecule has 0 spiro atoms. The van der Waals surface area contributed by atoms with Gasteiger partial charge in [-0.25, -0.2) is 4.39 Å². The van der Waals surface area contributed by atoms with Gasteiger partial charge in [0.1, 0.15) is 11.6 Å². The van der Waals surface area contributed by atoms with Gasteiger partial charge in [-0.3, -0.25) is 0 Å². The third kappa shape index (κ3) is 2.00. The van der Waals surface area contributed by atoms with Crippen LogP contribution >= 0.6 is 15.9 Å². The van der Waals surface area contributed by atoms with E-state index in [-0.39, 0.29) is 17.9 Å². The lowest BCUT2D eigenvalue weighted by Crippen LogP contribution is -2.02. The fourth-order valence-corrected chi connectivity index (χ4v) is 1.46. The van der Waals surface area contributed by atoms with Gasteiger partial charge in [-0.05, 0) is 28.1 Å². The van der Waals surface area contributed by atoms with Crippen LogP contribution in [0.3, 0.4) is 0 Å². The Hall–Kier alpha value is -0.610. The number of aliphatic hydroxyl groups is 1. The van der Waals surface area contributed by atoms with Crippen molar-refractivity contribution in [3.63, 3.8) is 0 Å². The average Bonchev–Trinajstić information content (AvgIpc) is 2.12. The first-order valence-corrected chi connectivity index (χ1v) is 4.65. The van der Waals surface area contributed by atoms with E-state index in [9.17, 15) is 9.50 Å². The number of aliphatic hydroxyl groups excluding tert-OH is 1. The predicted octanol–water partition coefficient (Wildman–Crippen LogP) is 2.39. The first kappa shape index (κ1) is 10.5. The Morgan fingerprint density at radius 2 is 2.15 bits per heavy atom. The molecule has 0 aliphatic carbocycles. The number of hydrogen-bond acceptors (Lipinski definition) is 2. The first-order valence-electron chi connectivity index (χ1n) is 3.85. The summed E-state index contributed by atoms with van der Waals surface area (Å²) < 4.78 is 13.6. The van der Waals surface area contributed by atoms with E-state index in [1.54, 1.807) is 6.92 Å². The maximum absolute atomic E-state index is 13.2. The van der Waals surface area contributed by atoms with Gasteiger partial charge in [0, 0.05) is 18.1 Å². The van der Waals surface area contributed by atoms with E-state index in [2.05, 4.69) is 15.9 Å². The molecule has 0 amide bonds. The van der Waals surface area contributed by atoms with Crippen molar-refractivity contribution in [3.8, 4) is 5.75 Å². The molecule has 1 aromatic rings. The smallest absolute Gasteiger partial charge is 0.136 e. The van der Waals surface area contributed by atoms with Crippen molar-refractivity contribution in [3.05, 3.63) is 28.0 Å². The quantitative estimate of drug-likeness (QED) is 0.844. The van der Waals surface area contributed by atoms with Gasteiger partial charge >= 0.3 is 0 Å². The second-order valence-corrected chi connectivity index (χ2v) is 3.73. The van der Waals surface area contributed by atoms with Crippen LogP contribution in [0.2, 0.25) is 0 Å². The Balaban J connectivity index is 3.25. The zero-order chi connectivity index (χ0) is 10.0. The largest absolute Gasteiger partial charge is 0.506 e. The summed E-state index contributed by atoms with van der Waals surface area (Å²) in [7, 11) is 0. The monoisotopic (exact) mass is 248 g/mol. The lowest BCUT2D eigenvalue weighted by Gasteiger charge is -2.12. The van der Waals surface area contributed by atoms with Crippen LogP contribution in [-0.4, -0.2) is 16.8 Å². The summed E-state index contributed by atoms with van der Waals surface area (Å²) >= 11 is 3.08. The molecule has 0 aliphatic rings. The second kappa shape index (κ2) is 4.07. The average molecular weight is 249 g/mol. The highest BCUT2D eigenvalue weighted by molar-refractivity contribution is 9.10. The molecule has 0 aliphatic heterocycles. The fraction of sp³-hybridized carbons (Fsp3) is 0.333. The summed E-state index contributed by atoms with van der Waals surface area (Å²) in [6, 6.07) is 2.68. The number of phenols is 1. The lowest BCUT2D eigenvalue weighted by atomic mass is 10.0. The molecular weight excluding hydrogens is 239 g/mol. The molecule has 4 heteroatoms. The van der Waals surface area contributed by atoms with Crippen molar-refractivity contribution in [2.45, 2.75) is 12.8 Å². The van der Waals surface area contributed by atoms with Crippen LogP contribution in [-0.2, 0) is 0 Å². The molecule has 1 unspecified atom stereocenters. The van der Waals surface area contributed by atoms with Gasteiger partial charge in [0.15, 0.2) is 0 Å². The predicted molar refractivity (Wildman–Crippen MR) is 51.3 cm³/mol. The minimum Gasteiger partial charge on any atom is -0.506 e. The third-order valence-corrected chi connectivity index (χ3v) is 2.52. The highest BCUT2D eigenvalue weighted by Gasteiger charge is 2.16. The summed E-state index contributed by atoms with van der Waals surface area (Å²) in [5.74, 6) is -1.04. The van der Waals surface area contributed by atoms with Gasteiger partial charge in [0.2, 0.25) is 0 Å². The minimum absolute atomic E-state index is 0.137. The van der Waals surface area contributed by atoms with Crippen LogP contribution in [0.5, 0.6) is 5.75 Å². The van der Waals surface area contributed by atoms with Crippen LogP contribution < -0.4 is 0 Å². The molecule has 0 saturated carbocycles. The van der Waals surface area contributed by atoms with Crippen LogP contribution in [0.4, 0.5) is 4.39 Å². The van der Waals surface area contributed by atoms with Crippen molar-refractivity contribution in [1.82, 2.24) is 0 Å². The van der Waals surface area contributed by atoms with E-state index in [1.165, 1.54) is 12.1 Å². The molecule has 1 aromatic carbocycles. The molecule has 2 nitrogen and oxygen atoms in total. The lowest BCUT2D eigenvalue weighted by molar-refractivity contribution is 0.267. The standard InChI is InChI=1S/C9H10BrFO2/c1-5(4-12)8-7(11)3-2-6(10)9(8)13/h2-3,5,12-13H,4H2,1H3. The summed E-state index contributed by atoms with van der Waals surface area (Å²) in [6.07, 6.45) is 0. The summed E-state index contributed by atoms with van der Waals surface area (Å²) in [5, 5.41) is 18.3. The molecule has 0 bridgehead atoms. The number of rotatable bonds is 2. The number of hydrogen-bond donors (Lipinski definition) is 2. The molecule has 0 aromatic heterocycles. The molecule has 2 N–H and O–H groups in total. The summed E-state index contributed by atoms with van der Waals surface area (Å²) in [4.78, 5) is 0. The van der Waals surface area contributed by atoms with Gasteiger partial charge in [-0.1, -0.05) is 6.92 Å². The van der Waals surface area contributed by atoms with Gasteiger partial charge in [0.05, 0.1) is 4.47 Å². The number of halogens is 2. The third-order valence-electron chi connectivity index (χ3n) is 1.88. The first-order chi connectivity index (χ1) is 6.07. The van der Waals surface area contributed by atoms with Crippen LogP contribution in [0.1, 0.15) is 18.4 Å². The topological polar surface area (TPSA) is 40.5 Å². The van der Waals surface area contributed by atoms with Crippen LogP contribution in [0.15, 0.2) is 16.6 Å². The summed E-state index contributed by atoms with van der Waals surface area (Å²) in [5.41, 5.74) is 0.150. The van der Waals surface area contributed by atoms with Gasteiger partial charge < -0.3 is 10.2 Å². The zero-order valence-corrected chi connectivity index (χ0v) is 8.68. The Kier molecular flexibility index (Phi) is 3.27. The Labute approximate surface area is 84.1 Å². The normalized spacial score (nSPS) is 12.9. The molecular formula is C9H10BrFO2. The Morgan fingerprint density at radius 3 is 2.69 bits per heavy atom. The number of benzene rings is 1. The molecule has 1 rings (SSSR count). The minimum atomic E-state index is -0.498. The van der Waals surface area contributed by atoms with Gasteiger partial charge in [-0.15, -0.1) is 0 Å². The maximum Gasteiger partial charge on any atom is 0.136 e. The Morgan fingerprint density at radius 1 is 1.54 bits per heavy atom. The molecule has 0 heterocycles. The molecule has 0 saturated heterocycles. The molecule has 0 radical (unpaired) electrons. The van der Waals surface area contributed by atoms with Crippen molar-refractivity contribution in [1.29, 1.82) is 0 Å².